The van der Waals surface area contributed by atoms with Crippen molar-refractivity contribution in [3.8, 4) is 11.4 Å². The molecule has 1 atom stereocenters. The van der Waals surface area contributed by atoms with Gasteiger partial charge < -0.3 is 10.2 Å². The number of anilines is 1. The minimum absolute atomic E-state index is 0.0357. The molecule has 0 saturated carbocycles. The van der Waals surface area contributed by atoms with Crippen LogP contribution in [-0.2, 0) is 4.79 Å². The van der Waals surface area contributed by atoms with Gasteiger partial charge in [-0.25, -0.2) is 9.97 Å². The van der Waals surface area contributed by atoms with Crippen LogP contribution in [0.5, 0.6) is 0 Å². The SMILES string of the molecule is CCCNC(=O)C1CCCN(c2cc(C)nc(-c3ccc([N+](=O)[O-])cc3)n2)C1. The molecule has 1 fully saturated rings. The summed E-state index contributed by atoms with van der Waals surface area (Å²) < 4.78 is 0. The van der Waals surface area contributed by atoms with Gasteiger partial charge in [-0.1, -0.05) is 6.92 Å². The molecule has 1 aliphatic rings. The maximum absolute atomic E-state index is 12.4. The van der Waals surface area contributed by atoms with Gasteiger partial charge in [-0.2, -0.15) is 0 Å². The Morgan fingerprint density at radius 3 is 2.75 bits per heavy atom. The fourth-order valence-corrected chi connectivity index (χ4v) is 3.37. The van der Waals surface area contributed by atoms with Crippen molar-refractivity contribution in [1.82, 2.24) is 15.3 Å². The maximum Gasteiger partial charge on any atom is 0.269 e. The van der Waals surface area contributed by atoms with Gasteiger partial charge in [-0.05, 0) is 38.3 Å². The number of nitrogens with one attached hydrogen (secondary N) is 1. The molecular formula is C20H25N5O3. The van der Waals surface area contributed by atoms with Gasteiger partial charge in [-0.15, -0.1) is 0 Å². The summed E-state index contributed by atoms with van der Waals surface area (Å²) in [6.07, 6.45) is 2.73. The summed E-state index contributed by atoms with van der Waals surface area (Å²) in [6, 6.07) is 8.15. The fraction of sp³-hybridized carbons (Fsp3) is 0.450. The number of nitro benzene ring substituents is 1. The van der Waals surface area contributed by atoms with Crippen LogP contribution in [0.1, 0.15) is 31.9 Å². The topological polar surface area (TPSA) is 101 Å². The lowest BCUT2D eigenvalue weighted by molar-refractivity contribution is -0.384. The van der Waals surface area contributed by atoms with Crippen LogP contribution in [0.25, 0.3) is 11.4 Å². The third kappa shape index (κ3) is 4.62. The highest BCUT2D eigenvalue weighted by atomic mass is 16.6. The lowest BCUT2D eigenvalue weighted by Crippen LogP contribution is -2.43. The van der Waals surface area contributed by atoms with Crippen molar-refractivity contribution in [2.24, 2.45) is 5.92 Å². The molecular weight excluding hydrogens is 358 g/mol. The van der Waals surface area contributed by atoms with Gasteiger partial charge in [0.1, 0.15) is 5.82 Å². The number of nitrogens with zero attached hydrogens (tertiary/aromatic N) is 4. The average molecular weight is 383 g/mol. The van der Waals surface area contributed by atoms with E-state index in [-0.39, 0.29) is 17.5 Å². The second-order valence-corrected chi connectivity index (χ2v) is 7.07. The molecule has 148 valence electrons. The molecule has 0 bridgehead atoms. The van der Waals surface area contributed by atoms with Crippen LogP contribution in [0.2, 0.25) is 0 Å². The first kappa shape index (κ1) is 19.7. The Kier molecular flexibility index (Phi) is 6.18. The molecule has 3 rings (SSSR count). The fourth-order valence-electron chi connectivity index (χ4n) is 3.37. The van der Waals surface area contributed by atoms with E-state index in [1.165, 1.54) is 12.1 Å². The highest BCUT2D eigenvalue weighted by Crippen LogP contribution is 2.26. The first-order valence-electron chi connectivity index (χ1n) is 9.61. The van der Waals surface area contributed by atoms with Crippen molar-refractivity contribution >= 4 is 17.4 Å². The number of aryl methyl sites for hydroxylation is 1. The first-order valence-corrected chi connectivity index (χ1v) is 9.61. The molecule has 0 aliphatic carbocycles. The summed E-state index contributed by atoms with van der Waals surface area (Å²) in [4.78, 5) is 34.1. The van der Waals surface area contributed by atoms with E-state index in [4.69, 9.17) is 0 Å². The number of carbonyl (C=O) groups excluding carboxylic acids is 1. The van der Waals surface area contributed by atoms with Crippen molar-refractivity contribution in [3.05, 3.63) is 46.1 Å². The van der Waals surface area contributed by atoms with Crippen molar-refractivity contribution in [2.75, 3.05) is 24.5 Å². The number of nitro groups is 1. The smallest absolute Gasteiger partial charge is 0.269 e. The van der Waals surface area contributed by atoms with Crippen LogP contribution < -0.4 is 10.2 Å². The van der Waals surface area contributed by atoms with Crippen LogP contribution in [0.3, 0.4) is 0 Å². The van der Waals surface area contributed by atoms with Crippen molar-refractivity contribution in [1.29, 1.82) is 0 Å². The van der Waals surface area contributed by atoms with Gasteiger partial charge in [-0.3, -0.25) is 14.9 Å². The second-order valence-electron chi connectivity index (χ2n) is 7.07. The lowest BCUT2D eigenvalue weighted by atomic mass is 9.97. The third-order valence-corrected chi connectivity index (χ3v) is 4.84. The second kappa shape index (κ2) is 8.77. The van der Waals surface area contributed by atoms with E-state index in [9.17, 15) is 14.9 Å². The molecule has 2 heterocycles. The minimum atomic E-state index is -0.427. The zero-order chi connectivity index (χ0) is 20.1. The van der Waals surface area contributed by atoms with E-state index in [2.05, 4.69) is 20.2 Å². The molecule has 1 N–H and O–H groups in total. The number of non-ortho nitro benzene ring substituents is 1. The summed E-state index contributed by atoms with van der Waals surface area (Å²) in [5, 5.41) is 13.8. The Balaban J connectivity index is 1.80. The average Bonchev–Trinajstić information content (AvgIpc) is 2.71. The molecule has 1 saturated heterocycles. The minimum Gasteiger partial charge on any atom is -0.356 e. The monoisotopic (exact) mass is 383 g/mol. The Morgan fingerprint density at radius 2 is 2.07 bits per heavy atom. The molecule has 0 spiro atoms. The van der Waals surface area contributed by atoms with Crippen molar-refractivity contribution in [2.45, 2.75) is 33.1 Å². The van der Waals surface area contributed by atoms with Crippen molar-refractivity contribution < 1.29 is 9.72 Å². The van der Waals surface area contributed by atoms with Crippen LogP contribution in [-0.4, -0.2) is 40.4 Å². The van der Waals surface area contributed by atoms with Gasteiger partial charge in [0, 0.05) is 49.1 Å². The summed E-state index contributed by atoms with van der Waals surface area (Å²) in [6.45, 7) is 6.11. The predicted octanol–water partition coefficient (Wildman–Crippen LogP) is 3.10. The molecule has 1 unspecified atom stereocenters. The van der Waals surface area contributed by atoms with Gasteiger partial charge >= 0.3 is 0 Å². The molecule has 8 nitrogen and oxygen atoms in total. The molecule has 1 aliphatic heterocycles. The Bertz CT molecular complexity index is 853. The van der Waals surface area contributed by atoms with Crippen LogP contribution >= 0.6 is 0 Å². The molecule has 2 aromatic rings. The van der Waals surface area contributed by atoms with Gasteiger partial charge in [0.15, 0.2) is 5.82 Å². The van der Waals surface area contributed by atoms with Gasteiger partial charge in [0.05, 0.1) is 10.8 Å². The Hall–Kier alpha value is -3.03. The van der Waals surface area contributed by atoms with E-state index in [1.54, 1.807) is 12.1 Å². The maximum atomic E-state index is 12.4. The molecule has 0 radical (unpaired) electrons. The zero-order valence-electron chi connectivity index (χ0n) is 16.2. The van der Waals surface area contributed by atoms with E-state index >= 15 is 0 Å². The normalized spacial score (nSPS) is 16.6. The largest absolute Gasteiger partial charge is 0.356 e. The van der Waals surface area contributed by atoms with E-state index < -0.39 is 4.92 Å². The standard InChI is InChI=1S/C20H25N5O3/c1-3-10-21-20(26)16-5-4-11-24(13-16)18-12-14(2)22-19(23-18)15-6-8-17(9-7-15)25(27)28/h6-9,12,16H,3-5,10-11,13H2,1-2H3,(H,21,26). The predicted molar refractivity (Wildman–Crippen MR) is 107 cm³/mol. The summed E-state index contributed by atoms with van der Waals surface area (Å²) in [7, 11) is 0. The number of rotatable bonds is 6. The number of amides is 1. The molecule has 1 aromatic carbocycles. The number of benzene rings is 1. The van der Waals surface area contributed by atoms with Crippen molar-refractivity contribution in [3.63, 3.8) is 0 Å². The van der Waals surface area contributed by atoms with Crippen LogP contribution in [0, 0.1) is 23.0 Å². The summed E-state index contributed by atoms with van der Waals surface area (Å²) >= 11 is 0. The number of aromatic nitrogens is 2. The van der Waals surface area contributed by atoms with E-state index in [0.29, 0.717) is 18.9 Å². The highest BCUT2D eigenvalue weighted by Gasteiger charge is 2.26. The number of hydrogen-bond donors (Lipinski definition) is 1. The molecule has 28 heavy (non-hydrogen) atoms. The lowest BCUT2D eigenvalue weighted by Gasteiger charge is -2.33. The molecule has 8 heteroatoms. The molecule has 1 aromatic heterocycles. The number of carbonyl (C=O) groups is 1. The summed E-state index contributed by atoms with van der Waals surface area (Å²) in [5.41, 5.74) is 1.58. The Labute approximate surface area is 164 Å². The van der Waals surface area contributed by atoms with Gasteiger partial charge in [0.25, 0.3) is 5.69 Å². The highest BCUT2D eigenvalue weighted by molar-refractivity contribution is 5.79. The van der Waals surface area contributed by atoms with Gasteiger partial charge in [0.2, 0.25) is 5.91 Å². The quantitative estimate of drug-likeness (QED) is 0.607. The van der Waals surface area contributed by atoms with Crippen LogP contribution in [0.4, 0.5) is 11.5 Å². The Morgan fingerprint density at radius 1 is 1.32 bits per heavy atom. The van der Waals surface area contributed by atoms with E-state index in [1.807, 2.05) is 19.9 Å². The first-order chi connectivity index (χ1) is 13.5. The zero-order valence-corrected chi connectivity index (χ0v) is 16.2. The number of hydrogen-bond acceptors (Lipinski definition) is 6. The molecule has 1 amide bonds. The van der Waals surface area contributed by atoms with Crippen LogP contribution in [0.15, 0.2) is 30.3 Å². The third-order valence-electron chi connectivity index (χ3n) is 4.84. The van der Waals surface area contributed by atoms with E-state index in [0.717, 1.165) is 42.9 Å². The summed E-state index contributed by atoms with van der Waals surface area (Å²) in [5.74, 6) is 1.38. The number of piperidine rings is 1.